The largest absolute Gasteiger partial charge is 0.494 e. The predicted molar refractivity (Wildman–Crippen MR) is 119 cm³/mol. The number of hydrogen-bond acceptors (Lipinski definition) is 6. The highest BCUT2D eigenvalue weighted by atomic mass is 32.1. The third-order valence-electron chi connectivity index (χ3n) is 6.36. The first-order valence-corrected chi connectivity index (χ1v) is 11.5. The predicted octanol–water partition coefficient (Wildman–Crippen LogP) is 4.29. The number of ether oxygens (including phenoxy) is 1. The number of thiophene rings is 1. The van der Waals surface area contributed by atoms with Gasteiger partial charge in [-0.25, -0.2) is 14.4 Å². The minimum absolute atomic E-state index is 0.296. The van der Waals surface area contributed by atoms with Crippen LogP contribution in [0.3, 0.4) is 0 Å². The van der Waals surface area contributed by atoms with Crippen molar-refractivity contribution >= 4 is 27.4 Å². The van der Waals surface area contributed by atoms with Crippen molar-refractivity contribution < 1.29 is 9.13 Å². The summed E-state index contributed by atoms with van der Waals surface area (Å²) < 4.78 is 19.0. The molecule has 1 fully saturated rings. The molecule has 1 aliphatic carbocycles. The Morgan fingerprint density at radius 1 is 1.20 bits per heavy atom. The molecule has 1 saturated heterocycles. The van der Waals surface area contributed by atoms with E-state index in [-0.39, 0.29) is 5.82 Å². The number of hydrogen-bond donors (Lipinski definition) is 0. The van der Waals surface area contributed by atoms with Crippen LogP contribution in [0.1, 0.15) is 29.3 Å². The minimum atomic E-state index is -0.298. The van der Waals surface area contributed by atoms with Crippen molar-refractivity contribution in [2.24, 2.45) is 5.92 Å². The first-order valence-electron chi connectivity index (χ1n) is 10.7. The van der Waals surface area contributed by atoms with Gasteiger partial charge in [-0.3, -0.25) is 4.90 Å². The molecule has 0 saturated carbocycles. The first-order chi connectivity index (χ1) is 14.6. The Morgan fingerprint density at radius 3 is 2.80 bits per heavy atom. The SMILES string of the molecule is COc1ccc(CN2CCN(c3ncnc4sc5c(c34)C[C@@H](C)CC5)CC2)cc1F. The van der Waals surface area contributed by atoms with Crippen LogP contribution in [0.2, 0.25) is 0 Å². The fourth-order valence-electron chi connectivity index (χ4n) is 4.69. The Balaban J connectivity index is 1.32. The molecular weight excluding hydrogens is 399 g/mol. The number of aromatic nitrogens is 2. The maximum absolute atomic E-state index is 14.0. The van der Waals surface area contributed by atoms with Crippen LogP contribution in [0, 0.1) is 11.7 Å². The number of benzene rings is 1. The highest BCUT2D eigenvalue weighted by Crippen LogP contribution is 2.40. The van der Waals surface area contributed by atoms with Gasteiger partial charge in [-0.05, 0) is 48.4 Å². The summed E-state index contributed by atoms with van der Waals surface area (Å²) >= 11 is 1.85. The molecule has 3 aromatic rings. The summed E-state index contributed by atoms with van der Waals surface area (Å²) in [5.41, 5.74) is 2.47. The van der Waals surface area contributed by atoms with E-state index in [0.29, 0.717) is 5.75 Å². The average Bonchev–Trinajstić information content (AvgIpc) is 3.12. The number of halogens is 1. The van der Waals surface area contributed by atoms with E-state index in [1.54, 1.807) is 18.5 Å². The Labute approximate surface area is 180 Å². The molecular formula is C23H27FN4OS. The molecule has 5 nitrogen and oxygen atoms in total. The van der Waals surface area contributed by atoms with E-state index in [9.17, 15) is 4.39 Å². The molecule has 30 heavy (non-hydrogen) atoms. The van der Waals surface area contributed by atoms with Crippen molar-refractivity contribution in [1.82, 2.24) is 14.9 Å². The molecule has 1 aromatic carbocycles. The van der Waals surface area contributed by atoms with E-state index in [0.717, 1.165) is 61.3 Å². The number of nitrogens with zero attached hydrogens (tertiary/aromatic N) is 4. The average molecular weight is 427 g/mol. The van der Waals surface area contributed by atoms with Gasteiger partial charge in [0, 0.05) is 37.6 Å². The molecule has 158 valence electrons. The molecule has 0 amide bonds. The molecule has 0 radical (unpaired) electrons. The third kappa shape index (κ3) is 3.65. The standard InChI is InChI=1S/C23H27FN4OS/c1-15-3-6-20-17(11-15)21-22(25-14-26-23(21)30-20)28-9-7-27(8-10-28)13-16-4-5-19(29-2)18(24)12-16/h4-5,12,14-15H,3,6-11,13H2,1-2H3/t15-/m0/s1. The molecule has 0 unspecified atom stereocenters. The summed E-state index contributed by atoms with van der Waals surface area (Å²) in [6, 6.07) is 5.23. The van der Waals surface area contributed by atoms with Gasteiger partial charge in [0.15, 0.2) is 11.6 Å². The van der Waals surface area contributed by atoms with E-state index in [2.05, 4.69) is 21.7 Å². The van der Waals surface area contributed by atoms with Gasteiger partial charge in [-0.1, -0.05) is 13.0 Å². The number of aryl methyl sites for hydroxylation is 1. The van der Waals surface area contributed by atoms with E-state index in [1.807, 2.05) is 17.4 Å². The van der Waals surface area contributed by atoms with E-state index >= 15 is 0 Å². The molecule has 1 aliphatic heterocycles. The Morgan fingerprint density at radius 2 is 2.03 bits per heavy atom. The lowest BCUT2D eigenvalue weighted by Gasteiger charge is -2.36. The molecule has 5 rings (SSSR count). The van der Waals surface area contributed by atoms with Crippen molar-refractivity contribution in [1.29, 1.82) is 0 Å². The lowest BCUT2D eigenvalue weighted by atomic mass is 9.88. The van der Waals surface area contributed by atoms with E-state index in [4.69, 9.17) is 9.72 Å². The second-order valence-corrected chi connectivity index (χ2v) is 9.54. The number of methoxy groups -OCH3 is 1. The molecule has 0 spiro atoms. The van der Waals surface area contributed by atoms with Gasteiger partial charge in [0.1, 0.15) is 17.0 Å². The van der Waals surface area contributed by atoms with Crippen molar-refractivity contribution in [3.05, 3.63) is 46.3 Å². The van der Waals surface area contributed by atoms with Crippen LogP contribution in [0.25, 0.3) is 10.2 Å². The van der Waals surface area contributed by atoms with Gasteiger partial charge in [0.05, 0.1) is 12.5 Å². The molecule has 2 aromatic heterocycles. The van der Waals surface area contributed by atoms with Gasteiger partial charge >= 0.3 is 0 Å². The summed E-state index contributed by atoms with van der Waals surface area (Å²) in [7, 11) is 1.49. The molecule has 2 aliphatic rings. The van der Waals surface area contributed by atoms with Crippen molar-refractivity contribution in [3.63, 3.8) is 0 Å². The maximum atomic E-state index is 14.0. The fraction of sp³-hybridized carbons (Fsp3) is 0.478. The van der Waals surface area contributed by atoms with Crippen molar-refractivity contribution in [2.75, 3.05) is 38.2 Å². The van der Waals surface area contributed by atoms with Crippen LogP contribution in [-0.4, -0.2) is 48.2 Å². The normalized spacial score (nSPS) is 19.8. The molecule has 1 atom stereocenters. The van der Waals surface area contributed by atoms with Gasteiger partial charge in [-0.15, -0.1) is 11.3 Å². The van der Waals surface area contributed by atoms with Gasteiger partial charge in [-0.2, -0.15) is 0 Å². The van der Waals surface area contributed by atoms with Crippen LogP contribution in [0.4, 0.5) is 10.2 Å². The summed E-state index contributed by atoms with van der Waals surface area (Å²) in [5, 5.41) is 1.29. The van der Waals surface area contributed by atoms with Crippen molar-refractivity contribution in [3.8, 4) is 5.75 Å². The van der Waals surface area contributed by atoms with Crippen LogP contribution in [0.5, 0.6) is 5.75 Å². The van der Waals surface area contributed by atoms with Crippen LogP contribution >= 0.6 is 11.3 Å². The maximum Gasteiger partial charge on any atom is 0.165 e. The summed E-state index contributed by atoms with van der Waals surface area (Å²) in [6.45, 7) is 6.80. The van der Waals surface area contributed by atoms with E-state index < -0.39 is 0 Å². The van der Waals surface area contributed by atoms with E-state index in [1.165, 1.54) is 35.8 Å². The summed E-state index contributed by atoms with van der Waals surface area (Å²) in [6.07, 6.45) is 5.30. The lowest BCUT2D eigenvalue weighted by Crippen LogP contribution is -2.46. The smallest absolute Gasteiger partial charge is 0.165 e. The molecule has 0 N–H and O–H groups in total. The highest BCUT2D eigenvalue weighted by molar-refractivity contribution is 7.19. The van der Waals surface area contributed by atoms with Gasteiger partial charge < -0.3 is 9.64 Å². The Kier molecular flexibility index (Phi) is 5.33. The first kappa shape index (κ1) is 19.7. The van der Waals surface area contributed by atoms with Crippen molar-refractivity contribution in [2.45, 2.75) is 32.7 Å². The number of anilines is 1. The molecule has 7 heteroatoms. The highest BCUT2D eigenvalue weighted by Gasteiger charge is 2.26. The number of piperazine rings is 1. The molecule has 3 heterocycles. The topological polar surface area (TPSA) is 41.5 Å². The fourth-order valence-corrected chi connectivity index (χ4v) is 5.87. The third-order valence-corrected chi connectivity index (χ3v) is 7.56. The zero-order valence-electron chi connectivity index (χ0n) is 17.5. The second-order valence-electron chi connectivity index (χ2n) is 8.46. The Bertz CT molecular complexity index is 1060. The summed E-state index contributed by atoms with van der Waals surface area (Å²) in [4.78, 5) is 16.7. The monoisotopic (exact) mass is 426 g/mol. The van der Waals surface area contributed by atoms with Crippen LogP contribution in [-0.2, 0) is 19.4 Å². The second kappa shape index (κ2) is 8.12. The minimum Gasteiger partial charge on any atom is -0.494 e. The Hall–Kier alpha value is -2.25. The summed E-state index contributed by atoms with van der Waals surface area (Å²) in [5.74, 6) is 1.82. The lowest BCUT2D eigenvalue weighted by molar-refractivity contribution is 0.249. The number of fused-ring (bicyclic) bond motifs is 3. The zero-order chi connectivity index (χ0) is 20.7. The van der Waals surface area contributed by atoms with Gasteiger partial charge in [0.25, 0.3) is 0 Å². The quantitative estimate of drug-likeness (QED) is 0.623. The van der Waals surface area contributed by atoms with Crippen LogP contribution in [0.15, 0.2) is 24.5 Å². The van der Waals surface area contributed by atoms with Gasteiger partial charge in [0.2, 0.25) is 0 Å². The number of rotatable bonds is 4. The van der Waals surface area contributed by atoms with Crippen LogP contribution < -0.4 is 9.64 Å². The molecule has 0 bridgehead atoms. The zero-order valence-corrected chi connectivity index (χ0v) is 18.3.